The van der Waals surface area contributed by atoms with Crippen molar-refractivity contribution >= 4 is 21.8 Å². The van der Waals surface area contributed by atoms with E-state index in [1.54, 1.807) is 11.8 Å². The van der Waals surface area contributed by atoms with E-state index in [-0.39, 0.29) is 16.2 Å². The molecule has 0 amide bonds. The zero-order valence-corrected chi connectivity index (χ0v) is 12.9. The van der Waals surface area contributed by atoms with Gasteiger partial charge in [0.05, 0.1) is 6.61 Å². The molecule has 0 aromatic heterocycles. The van der Waals surface area contributed by atoms with Gasteiger partial charge < -0.3 is 5.11 Å². The van der Waals surface area contributed by atoms with Crippen LogP contribution in [0.2, 0.25) is 0 Å². The topological polar surface area (TPSA) is 66.4 Å². The molecule has 1 aliphatic carbocycles. The van der Waals surface area contributed by atoms with Crippen molar-refractivity contribution in [3.63, 3.8) is 0 Å². The second-order valence-corrected chi connectivity index (χ2v) is 8.00. The van der Waals surface area contributed by atoms with Crippen LogP contribution in [0, 0.1) is 5.82 Å². The fraction of sp³-hybridized carbons (Fsp3) is 0.538. The van der Waals surface area contributed by atoms with E-state index in [9.17, 15) is 12.8 Å². The van der Waals surface area contributed by atoms with Crippen LogP contribution in [-0.4, -0.2) is 31.1 Å². The van der Waals surface area contributed by atoms with Crippen LogP contribution in [0.1, 0.15) is 24.8 Å². The number of hydrogen-bond donors (Lipinski definition) is 2. The van der Waals surface area contributed by atoms with Crippen LogP contribution in [0.5, 0.6) is 0 Å². The first kappa shape index (κ1) is 15.8. The first-order chi connectivity index (χ1) is 9.42. The Hall–Kier alpha value is -0.630. The number of nitrogens with one attached hydrogen (secondary N) is 1. The molecule has 0 unspecified atom stereocenters. The monoisotopic (exact) mass is 319 g/mol. The number of hydrogen-bond acceptors (Lipinski definition) is 4. The van der Waals surface area contributed by atoms with Gasteiger partial charge >= 0.3 is 0 Å². The van der Waals surface area contributed by atoms with Crippen LogP contribution < -0.4 is 4.72 Å². The largest absolute Gasteiger partial charge is 0.392 e. The molecule has 0 radical (unpaired) electrons. The molecule has 1 saturated carbocycles. The molecule has 0 aliphatic heterocycles. The average molecular weight is 319 g/mol. The highest BCUT2D eigenvalue weighted by atomic mass is 32.2. The molecule has 4 nitrogen and oxygen atoms in total. The Bertz CT molecular complexity index is 580. The second kappa shape index (κ2) is 6.01. The van der Waals surface area contributed by atoms with Crippen LogP contribution >= 0.6 is 11.8 Å². The maximum Gasteiger partial charge on any atom is 0.243 e. The minimum absolute atomic E-state index is 0.0470. The highest BCUT2D eigenvalue weighted by Crippen LogP contribution is 2.42. The minimum Gasteiger partial charge on any atom is -0.392 e. The summed E-state index contributed by atoms with van der Waals surface area (Å²) in [6.45, 7) is -0.00203. The summed E-state index contributed by atoms with van der Waals surface area (Å²) in [4.78, 5) is -0.370. The van der Waals surface area contributed by atoms with Crippen LogP contribution in [0.25, 0.3) is 0 Å². The quantitative estimate of drug-likeness (QED) is 0.840. The van der Waals surface area contributed by atoms with Crippen LogP contribution in [0.3, 0.4) is 0 Å². The van der Waals surface area contributed by atoms with E-state index in [2.05, 4.69) is 4.72 Å². The molecular weight excluding hydrogens is 301 g/mol. The van der Waals surface area contributed by atoms with E-state index >= 15 is 0 Å². The average Bonchev–Trinajstić information content (AvgIpc) is 2.37. The van der Waals surface area contributed by atoms with Gasteiger partial charge in [-0.25, -0.2) is 17.5 Å². The van der Waals surface area contributed by atoms with Gasteiger partial charge in [0.1, 0.15) is 10.7 Å². The predicted molar refractivity (Wildman–Crippen MR) is 77.6 cm³/mol. The second-order valence-electron chi connectivity index (χ2n) is 4.99. The van der Waals surface area contributed by atoms with E-state index in [0.717, 1.165) is 25.3 Å². The van der Waals surface area contributed by atoms with Gasteiger partial charge in [-0.05, 0) is 36.8 Å². The molecule has 0 heterocycles. The van der Waals surface area contributed by atoms with Gasteiger partial charge in [0.25, 0.3) is 0 Å². The summed E-state index contributed by atoms with van der Waals surface area (Å²) in [6, 6.07) is 3.64. The number of halogens is 1. The Kier molecular flexibility index (Phi) is 4.73. The molecule has 0 saturated heterocycles. The van der Waals surface area contributed by atoms with Crippen molar-refractivity contribution in [1.29, 1.82) is 0 Å². The fourth-order valence-electron chi connectivity index (χ4n) is 2.19. The van der Waals surface area contributed by atoms with E-state index in [4.69, 9.17) is 5.11 Å². The first-order valence-corrected chi connectivity index (χ1v) is 9.07. The molecule has 1 aromatic carbocycles. The molecule has 2 N–H and O–H groups in total. The highest BCUT2D eigenvalue weighted by Gasteiger charge is 2.37. The Morgan fingerprint density at radius 2 is 2.15 bits per heavy atom. The zero-order valence-electron chi connectivity index (χ0n) is 11.2. The minimum atomic E-state index is -3.86. The van der Waals surface area contributed by atoms with Crippen molar-refractivity contribution in [2.45, 2.75) is 35.5 Å². The maximum absolute atomic E-state index is 13.8. The van der Waals surface area contributed by atoms with Gasteiger partial charge in [0.15, 0.2) is 0 Å². The van der Waals surface area contributed by atoms with E-state index in [0.29, 0.717) is 12.1 Å². The SMILES string of the molecule is CSC1(CNS(=O)(=O)c2ccc(CO)cc2F)CCC1. The predicted octanol–water partition coefficient (Wildman–Crippen LogP) is 1.88. The lowest BCUT2D eigenvalue weighted by Gasteiger charge is -2.40. The molecule has 20 heavy (non-hydrogen) atoms. The molecule has 7 heteroatoms. The van der Waals surface area contributed by atoms with Crippen molar-refractivity contribution < 1.29 is 17.9 Å². The molecule has 2 rings (SSSR count). The standard InChI is InChI=1S/C13H18FNO3S2/c1-19-13(5-2-6-13)9-15-20(17,18)12-4-3-10(8-16)7-11(12)14/h3-4,7,15-16H,2,5-6,8-9H2,1H3. The lowest BCUT2D eigenvalue weighted by atomic mass is 9.84. The highest BCUT2D eigenvalue weighted by molar-refractivity contribution is 8.00. The summed E-state index contributed by atoms with van der Waals surface area (Å²) >= 11 is 1.65. The number of aliphatic hydroxyl groups is 1. The number of benzene rings is 1. The third-order valence-corrected chi connectivity index (χ3v) is 6.60. The Balaban J connectivity index is 2.14. The summed E-state index contributed by atoms with van der Waals surface area (Å²) in [7, 11) is -3.86. The summed E-state index contributed by atoms with van der Waals surface area (Å²) in [5.41, 5.74) is 0.348. The molecule has 0 bridgehead atoms. The van der Waals surface area contributed by atoms with Gasteiger partial charge in [0, 0.05) is 11.3 Å². The molecule has 112 valence electrons. The summed E-state index contributed by atoms with van der Waals surface area (Å²) in [5.74, 6) is -0.837. The van der Waals surface area contributed by atoms with Crippen LogP contribution in [-0.2, 0) is 16.6 Å². The van der Waals surface area contributed by atoms with Gasteiger partial charge in [-0.3, -0.25) is 0 Å². The zero-order chi connectivity index (χ0) is 14.8. The van der Waals surface area contributed by atoms with Gasteiger partial charge in [0.2, 0.25) is 10.0 Å². The third kappa shape index (κ3) is 3.16. The summed E-state index contributed by atoms with van der Waals surface area (Å²) in [6.07, 6.45) is 5.01. The fourth-order valence-corrected chi connectivity index (χ4v) is 4.38. The number of sulfonamides is 1. The molecular formula is C13H18FNO3S2. The third-order valence-electron chi connectivity index (χ3n) is 3.75. The normalized spacial score (nSPS) is 17.8. The molecule has 0 atom stereocenters. The van der Waals surface area contributed by atoms with E-state index in [1.165, 1.54) is 12.1 Å². The van der Waals surface area contributed by atoms with Crippen molar-refractivity contribution in [1.82, 2.24) is 4.72 Å². The van der Waals surface area contributed by atoms with Crippen LogP contribution in [0.4, 0.5) is 4.39 Å². The summed E-state index contributed by atoms with van der Waals surface area (Å²) < 4.78 is 40.5. The number of aliphatic hydroxyl groups excluding tert-OH is 1. The van der Waals surface area contributed by atoms with Crippen molar-refractivity contribution in [3.05, 3.63) is 29.6 Å². The molecule has 1 fully saturated rings. The first-order valence-electron chi connectivity index (χ1n) is 6.36. The lowest BCUT2D eigenvalue weighted by Crippen LogP contribution is -2.45. The smallest absolute Gasteiger partial charge is 0.243 e. The summed E-state index contributed by atoms with van der Waals surface area (Å²) in [5, 5.41) is 8.90. The Labute approximate surface area is 122 Å². The number of rotatable bonds is 6. The van der Waals surface area contributed by atoms with Crippen LogP contribution in [0.15, 0.2) is 23.1 Å². The van der Waals surface area contributed by atoms with Gasteiger partial charge in [-0.15, -0.1) is 0 Å². The van der Waals surface area contributed by atoms with Crippen molar-refractivity contribution in [3.8, 4) is 0 Å². The molecule has 0 spiro atoms. The van der Waals surface area contributed by atoms with E-state index < -0.39 is 15.8 Å². The lowest BCUT2D eigenvalue weighted by molar-refractivity contribution is 0.281. The molecule has 1 aromatic rings. The Morgan fingerprint density at radius 3 is 2.60 bits per heavy atom. The Morgan fingerprint density at radius 1 is 1.45 bits per heavy atom. The van der Waals surface area contributed by atoms with E-state index in [1.807, 2.05) is 6.26 Å². The molecule has 1 aliphatic rings. The van der Waals surface area contributed by atoms with Crippen molar-refractivity contribution in [2.24, 2.45) is 0 Å². The van der Waals surface area contributed by atoms with Gasteiger partial charge in [-0.2, -0.15) is 11.8 Å². The van der Waals surface area contributed by atoms with Gasteiger partial charge in [-0.1, -0.05) is 12.5 Å². The number of thioether (sulfide) groups is 1. The van der Waals surface area contributed by atoms with Crippen molar-refractivity contribution in [2.75, 3.05) is 12.8 Å². The maximum atomic E-state index is 13.8.